The van der Waals surface area contributed by atoms with Crippen LogP contribution in [0.2, 0.25) is 0 Å². The third kappa shape index (κ3) is 3.76. The van der Waals surface area contributed by atoms with Gasteiger partial charge in [-0.05, 0) is 5.92 Å². The van der Waals surface area contributed by atoms with Crippen LogP contribution in [0.4, 0.5) is 0 Å². The smallest absolute Gasteiger partial charge is 0.130 e. The first kappa shape index (κ1) is 6.92. The van der Waals surface area contributed by atoms with Crippen molar-refractivity contribution in [1.29, 1.82) is 0 Å². The van der Waals surface area contributed by atoms with Gasteiger partial charge in [0.15, 0.2) is 0 Å². The van der Waals surface area contributed by atoms with E-state index in [2.05, 4.69) is 18.7 Å². The Kier molecular flexibility index (Phi) is 4.04. The minimum absolute atomic E-state index is 0.539. The predicted octanol–water partition coefficient (Wildman–Crippen LogP) is 0.689. The van der Waals surface area contributed by atoms with E-state index in [1.807, 2.05) is 0 Å². The molecule has 44 valence electrons. The van der Waals surface area contributed by atoms with E-state index in [4.69, 9.17) is 5.26 Å². The molecule has 0 heterocycles. The van der Waals surface area contributed by atoms with Crippen molar-refractivity contribution in [3.05, 3.63) is 0 Å². The molecule has 2 heteroatoms. The summed E-state index contributed by atoms with van der Waals surface area (Å²) in [5.41, 5.74) is 0. The summed E-state index contributed by atoms with van der Waals surface area (Å²) in [6, 6.07) is 0. The minimum Gasteiger partial charge on any atom is -0.260 e. The highest BCUT2D eigenvalue weighted by Gasteiger charge is 1.96. The lowest BCUT2D eigenvalue weighted by Gasteiger charge is -1.98. The van der Waals surface area contributed by atoms with Crippen LogP contribution < -0.4 is 0 Å². The molecule has 7 heavy (non-hydrogen) atoms. The molecule has 0 saturated carbocycles. The fraction of sp³-hybridized carbons (Fsp3) is 1.00. The van der Waals surface area contributed by atoms with E-state index in [9.17, 15) is 0 Å². The molecule has 2 nitrogen and oxygen atoms in total. The first-order valence-electron chi connectivity index (χ1n) is 2.59. The van der Waals surface area contributed by atoms with Gasteiger partial charge in [-0.2, -0.15) is 0 Å². The predicted molar refractivity (Wildman–Crippen MR) is 29.0 cm³/mol. The lowest BCUT2D eigenvalue weighted by atomic mass is 10.1. The SMILES string of the molecule is CCC(C)CO[OH2+]. The van der Waals surface area contributed by atoms with Crippen molar-refractivity contribution in [1.82, 2.24) is 0 Å². The molecule has 0 aliphatic rings. The molecule has 0 aromatic carbocycles. The summed E-state index contributed by atoms with van der Waals surface area (Å²) in [6.07, 6.45) is 1.10. The number of hydrogen-bond acceptors (Lipinski definition) is 1. The second-order valence-corrected chi connectivity index (χ2v) is 1.82. The normalized spacial score (nSPS) is 14.1. The molecule has 0 aromatic heterocycles. The summed E-state index contributed by atoms with van der Waals surface area (Å²) in [5.74, 6) is 0.539. The zero-order chi connectivity index (χ0) is 5.70. The standard InChI is InChI=1S/C5H12O2/c1-3-5(2)4-7-6/h5-6H,3-4H2,1-2H3/p+1. The van der Waals surface area contributed by atoms with E-state index in [-0.39, 0.29) is 0 Å². The molecule has 0 bridgehead atoms. The molecule has 1 atom stereocenters. The zero-order valence-corrected chi connectivity index (χ0v) is 4.90. The number of hydrogen-bond donors (Lipinski definition) is 0. The van der Waals surface area contributed by atoms with Crippen molar-refractivity contribution in [2.75, 3.05) is 6.61 Å². The molecular weight excluding hydrogens is 92.1 g/mol. The number of rotatable bonds is 3. The molecule has 0 aromatic rings. The lowest BCUT2D eigenvalue weighted by Crippen LogP contribution is -2.00. The van der Waals surface area contributed by atoms with Crippen LogP contribution in [0.5, 0.6) is 0 Å². The van der Waals surface area contributed by atoms with E-state index in [0.717, 1.165) is 6.42 Å². The summed E-state index contributed by atoms with van der Waals surface area (Å²) >= 11 is 0. The van der Waals surface area contributed by atoms with Gasteiger partial charge in [0.2, 0.25) is 0 Å². The summed E-state index contributed by atoms with van der Waals surface area (Å²) in [4.78, 5) is 4.14. The Bertz CT molecular complexity index is 37.1. The Morgan fingerprint density at radius 3 is 2.43 bits per heavy atom. The van der Waals surface area contributed by atoms with E-state index < -0.39 is 0 Å². The lowest BCUT2D eigenvalue weighted by molar-refractivity contribution is -0.250. The summed E-state index contributed by atoms with van der Waals surface area (Å²) in [5, 5.41) is 6.34. The van der Waals surface area contributed by atoms with Crippen molar-refractivity contribution >= 4 is 0 Å². The second kappa shape index (κ2) is 4.09. The van der Waals surface area contributed by atoms with E-state index in [1.165, 1.54) is 0 Å². The van der Waals surface area contributed by atoms with Gasteiger partial charge in [0, 0.05) is 0 Å². The monoisotopic (exact) mass is 105 g/mol. The third-order valence-electron chi connectivity index (χ3n) is 1.06. The fourth-order valence-electron chi connectivity index (χ4n) is 0.260. The highest BCUT2D eigenvalue weighted by Crippen LogP contribution is 1.98. The molecule has 0 aliphatic carbocycles. The molecule has 0 rings (SSSR count). The van der Waals surface area contributed by atoms with Gasteiger partial charge in [0.05, 0.1) is 0 Å². The zero-order valence-electron chi connectivity index (χ0n) is 4.90. The van der Waals surface area contributed by atoms with Crippen molar-refractivity contribution in [2.45, 2.75) is 20.3 Å². The van der Waals surface area contributed by atoms with Crippen molar-refractivity contribution in [2.24, 2.45) is 5.92 Å². The Hall–Kier alpha value is -0.0800. The van der Waals surface area contributed by atoms with Crippen LogP contribution in [0.1, 0.15) is 20.3 Å². The van der Waals surface area contributed by atoms with Gasteiger partial charge in [-0.15, -0.1) is 4.89 Å². The Balaban J connectivity index is 2.83. The molecule has 0 fully saturated rings. The van der Waals surface area contributed by atoms with E-state index in [1.54, 1.807) is 0 Å². The molecule has 0 radical (unpaired) electrons. The summed E-state index contributed by atoms with van der Waals surface area (Å²) in [6.45, 7) is 4.72. The Labute approximate surface area is 44.0 Å². The van der Waals surface area contributed by atoms with Crippen molar-refractivity contribution < 1.29 is 10.1 Å². The van der Waals surface area contributed by atoms with Crippen LogP contribution >= 0.6 is 0 Å². The maximum Gasteiger partial charge on any atom is 0.130 e. The maximum absolute atomic E-state index is 6.34. The van der Waals surface area contributed by atoms with Crippen LogP contribution in [0, 0.1) is 5.92 Å². The Morgan fingerprint density at radius 1 is 1.71 bits per heavy atom. The van der Waals surface area contributed by atoms with Gasteiger partial charge in [-0.25, -0.2) is 0 Å². The van der Waals surface area contributed by atoms with Crippen molar-refractivity contribution in [3.63, 3.8) is 0 Å². The van der Waals surface area contributed by atoms with Crippen LogP contribution in [0.25, 0.3) is 0 Å². The van der Waals surface area contributed by atoms with Crippen LogP contribution in [0.3, 0.4) is 0 Å². The molecular formula is C5H13O2+. The van der Waals surface area contributed by atoms with Crippen LogP contribution in [-0.4, -0.2) is 11.9 Å². The molecule has 2 N–H and O–H groups in total. The highest BCUT2D eigenvalue weighted by atomic mass is 17.1. The van der Waals surface area contributed by atoms with Gasteiger partial charge in [0.1, 0.15) is 6.61 Å². The fourth-order valence-corrected chi connectivity index (χ4v) is 0.260. The van der Waals surface area contributed by atoms with Gasteiger partial charge >= 0.3 is 0 Å². The Morgan fingerprint density at radius 2 is 2.29 bits per heavy atom. The van der Waals surface area contributed by atoms with Gasteiger partial charge in [-0.1, -0.05) is 20.3 Å². The highest BCUT2D eigenvalue weighted by molar-refractivity contribution is 4.42. The second-order valence-electron chi connectivity index (χ2n) is 1.82. The molecule has 0 amide bonds. The van der Waals surface area contributed by atoms with Gasteiger partial charge in [-0.3, -0.25) is 5.26 Å². The van der Waals surface area contributed by atoms with Gasteiger partial charge < -0.3 is 0 Å². The average molecular weight is 105 g/mol. The van der Waals surface area contributed by atoms with Gasteiger partial charge in [0.25, 0.3) is 0 Å². The van der Waals surface area contributed by atoms with Crippen LogP contribution in [0.15, 0.2) is 0 Å². The first-order valence-corrected chi connectivity index (χ1v) is 2.59. The maximum atomic E-state index is 6.34. The van der Waals surface area contributed by atoms with Crippen molar-refractivity contribution in [3.8, 4) is 0 Å². The minimum atomic E-state index is 0.539. The molecule has 0 aliphatic heterocycles. The van der Waals surface area contributed by atoms with Crippen LogP contribution in [-0.2, 0) is 4.89 Å². The average Bonchev–Trinajstić information content (AvgIpc) is 1.68. The van der Waals surface area contributed by atoms with E-state index in [0.29, 0.717) is 12.5 Å². The summed E-state index contributed by atoms with van der Waals surface area (Å²) < 4.78 is 0. The topological polar surface area (TPSA) is 32.1 Å². The largest absolute Gasteiger partial charge is 0.260 e. The molecule has 0 saturated heterocycles. The quantitative estimate of drug-likeness (QED) is 0.295. The molecule has 0 spiro atoms. The molecule has 1 unspecified atom stereocenters. The van der Waals surface area contributed by atoms with E-state index >= 15 is 0 Å². The first-order chi connectivity index (χ1) is 3.31. The summed E-state index contributed by atoms with van der Waals surface area (Å²) in [7, 11) is 0. The third-order valence-corrected chi connectivity index (χ3v) is 1.06.